The summed E-state index contributed by atoms with van der Waals surface area (Å²) in [5, 5.41) is 9.65. The highest BCUT2D eigenvalue weighted by Gasteiger charge is 2.33. The zero-order chi connectivity index (χ0) is 17.3. The molecule has 0 unspecified atom stereocenters. The standard InChI is InChI=1S/C15H11F3N4O2/c1-9-7-13(21-24-9)19-14(23)10-3-2-4-11(8-10)22-6-5-12(20-22)15(16,17)18/h2-8H,1H3,(H,19,21,23). The van der Waals surface area contributed by atoms with Gasteiger partial charge in [-0.25, -0.2) is 4.68 Å². The summed E-state index contributed by atoms with van der Waals surface area (Å²) in [6.07, 6.45) is -3.34. The van der Waals surface area contributed by atoms with Crippen LogP contribution in [0.5, 0.6) is 0 Å². The minimum absolute atomic E-state index is 0.247. The second kappa shape index (κ2) is 5.84. The summed E-state index contributed by atoms with van der Waals surface area (Å²) in [5.41, 5.74) is -0.429. The molecule has 1 amide bonds. The van der Waals surface area contributed by atoms with E-state index in [2.05, 4.69) is 15.6 Å². The second-order valence-corrected chi connectivity index (χ2v) is 4.97. The Kier molecular flexibility index (Phi) is 3.84. The molecule has 1 aromatic carbocycles. The fourth-order valence-electron chi connectivity index (χ4n) is 2.02. The van der Waals surface area contributed by atoms with Crippen molar-refractivity contribution < 1.29 is 22.5 Å². The third-order valence-corrected chi connectivity index (χ3v) is 3.12. The van der Waals surface area contributed by atoms with Gasteiger partial charge in [0.2, 0.25) is 0 Å². The van der Waals surface area contributed by atoms with Crippen LogP contribution < -0.4 is 5.32 Å². The summed E-state index contributed by atoms with van der Waals surface area (Å²) in [6.45, 7) is 1.68. The summed E-state index contributed by atoms with van der Waals surface area (Å²) in [7, 11) is 0. The summed E-state index contributed by atoms with van der Waals surface area (Å²) in [4.78, 5) is 12.2. The van der Waals surface area contributed by atoms with Crippen molar-refractivity contribution >= 4 is 11.7 Å². The number of alkyl halides is 3. The van der Waals surface area contributed by atoms with Gasteiger partial charge in [0.25, 0.3) is 5.91 Å². The predicted molar refractivity (Wildman–Crippen MR) is 77.8 cm³/mol. The molecule has 0 saturated heterocycles. The van der Waals surface area contributed by atoms with Crippen LogP contribution in [0.4, 0.5) is 19.0 Å². The van der Waals surface area contributed by atoms with Gasteiger partial charge in [0.1, 0.15) is 5.76 Å². The predicted octanol–water partition coefficient (Wildman–Crippen LogP) is 3.44. The molecule has 0 aliphatic heterocycles. The average molecular weight is 336 g/mol. The van der Waals surface area contributed by atoms with Crippen LogP contribution >= 0.6 is 0 Å². The lowest BCUT2D eigenvalue weighted by Gasteiger charge is -2.06. The van der Waals surface area contributed by atoms with E-state index >= 15 is 0 Å². The molecule has 0 spiro atoms. The number of hydrogen-bond donors (Lipinski definition) is 1. The van der Waals surface area contributed by atoms with E-state index in [1.165, 1.54) is 18.3 Å². The number of benzene rings is 1. The molecule has 6 nitrogen and oxygen atoms in total. The first-order chi connectivity index (χ1) is 11.3. The molecule has 9 heteroatoms. The normalized spacial score (nSPS) is 11.5. The Morgan fingerprint density at radius 2 is 2.04 bits per heavy atom. The van der Waals surface area contributed by atoms with Gasteiger partial charge in [-0.1, -0.05) is 11.2 Å². The number of halogens is 3. The molecule has 0 radical (unpaired) electrons. The van der Waals surface area contributed by atoms with Gasteiger partial charge in [0.05, 0.1) is 5.69 Å². The first-order valence-electron chi connectivity index (χ1n) is 6.81. The van der Waals surface area contributed by atoms with E-state index in [9.17, 15) is 18.0 Å². The van der Waals surface area contributed by atoms with Crippen molar-refractivity contribution in [2.45, 2.75) is 13.1 Å². The highest BCUT2D eigenvalue weighted by Crippen LogP contribution is 2.28. The van der Waals surface area contributed by atoms with Gasteiger partial charge in [-0.3, -0.25) is 4.79 Å². The van der Waals surface area contributed by atoms with Crippen molar-refractivity contribution in [3.05, 3.63) is 59.6 Å². The molecule has 1 N–H and O–H groups in total. The molecule has 124 valence electrons. The molecule has 3 rings (SSSR count). The number of anilines is 1. The van der Waals surface area contributed by atoms with Crippen LogP contribution in [0.2, 0.25) is 0 Å². The van der Waals surface area contributed by atoms with E-state index in [0.717, 1.165) is 10.7 Å². The minimum Gasteiger partial charge on any atom is -0.360 e. The number of aryl methyl sites for hydroxylation is 1. The van der Waals surface area contributed by atoms with Crippen LogP contribution in [0.25, 0.3) is 5.69 Å². The second-order valence-electron chi connectivity index (χ2n) is 4.97. The third-order valence-electron chi connectivity index (χ3n) is 3.12. The van der Waals surface area contributed by atoms with Gasteiger partial charge in [0.15, 0.2) is 11.5 Å². The molecule has 0 saturated carbocycles. The summed E-state index contributed by atoms with van der Waals surface area (Å²) >= 11 is 0. The first-order valence-corrected chi connectivity index (χ1v) is 6.81. The summed E-state index contributed by atoms with van der Waals surface area (Å²) in [5.74, 6) is 0.324. The van der Waals surface area contributed by atoms with E-state index in [-0.39, 0.29) is 11.4 Å². The van der Waals surface area contributed by atoms with Crippen LogP contribution in [0.15, 0.2) is 47.1 Å². The van der Waals surface area contributed by atoms with Crippen LogP contribution in [-0.2, 0) is 6.18 Å². The highest BCUT2D eigenvalue weighted by atomic mass is 19.4. The van der Waals surface area contributed by atoms with Crippen molar-refractivity contribution in [3.63, 3.8) is 0 Å². The lowest BCUT2D eigenvalue weighted by molar-refractivity contribution is -0.141. The molecular formula is C15H11F3N4O2. The number of amides is 1. The maximum absolute atomic E-state index is 12.6. The molecule has 24 heavy (non-hydrogen) atoms. The molecule has 0 atom stereocenters. The van der Waals surface area contributed by atoms with Crippen LogP contribution in [0.3, 0.4) is 0 Å². The van der Waals surface area contributed by atoms with Crippen molar-refractivity contribution in [3.8, 4) is 5.69 Å². The topological polar surface area (TPSA) is 73.0 Å². The Morgan fingerprint density at radius 3 is 2.67 bits per heavy atom. The number of aromatic nitrogens is 3. The third kappa shape index (κ3) is 3.29. The number of carbonyl (C=O) groups excluding carboxylic acids is 1. The van der Waals surface area contributed by atoms with Crippen molar-refractivity contribution in [1.29, 1.82) is 0 Å². The minimum atomic E-state index is -4.52. The van der Waals surface area contributed by atoms with Crippen LogP contribution in [-0.4, -0.2) is 20.8 Å². The zero-order valence-electron chi connectivity index (χ0n) is 12.3. The van der Waals surface area contributed by atoms with Crippen LogP contribution in [0.1, 0.15) is 21.8 Å². The molecule has 2 aromatic heterocycles. The maximum atomic E-state index is 12.6. The molecular weight excluding hydrogens is 325 g/mol. The monoisotopic (exact) mass is 336 g/mol. The van der Waals surface area contributed by atoms with E-state index in [1.807, 2.05) is 0 Å². The van der Waals surface area contributed by atoms with Gasteiger partial charge >= 0.3 is 6.18 Å². The Morgan fingerprint density at radius 1 is 1.25 bits per heavy atom. The molecule has 0 aliphatic rings. The SMILES string of the molecule is Cc1cc(NC(=O)c2cccc(-n3ccc(C(F)(F)F)n3)c2)no1. The van der Waals surface area contributed by atoms with Crippen molar-refractivity contribution in [2.75, 3.05) is 5.32 Å². The number of hydrogen-bond acceptors (Lipinski definition) is 4. The zero-order valence-corrected chi connectivity index (χ0v) is 12.3. The summed E-state index contributed by atoms with van der Waals surface area (Å²) in [6, 6.07) is 8.46. The van der Waals surface area contributed by atoms with E-state index in [0.29, 0.717) is 11.4 Å². The Labute approximate surface area is 133 Å². The number of rotatable bonds is 3. The van der Waals surface area contributed by atoms with Gasteiger partial charge in [-0.2, -0.15) is 18.3 Å². The number of nitrogens with zero attached hydrogens (tertiary/aromatic N) is 3. The lowest BCUT2D eigenvalue weighted by Crippen LogP contribution is -2.13. The number of carbonyl (C=O) groups is 1. The van der Waals surface area contributed by atoms with E-state index in [4.69, 9.17) is 4.52 Å². The van der Waals surface area contributed by atoms with Gasteiger partial charge < -0.3 is 9.84 Å². The Bertz CT molecular complexity index is 883. The quantitative estimate of drug-likeness (QED) is 0.795. The van der Waals surface area contributed by atoms with Crippen LogP contribution in [0, 0.1) is 6.92 Å². The lowest BCUT2D eigenvalue weighted by atomic mass is 10.2. The molecule has 0 bridgehead atoms. The molecule has 0 fully saturated rings. The highest BCUT2D eigenvalue weighted by molar-refractivity contribution is 6.04. The van der Waals surface area contributed by atoms with Crippen molar-refractivity contribution in [2.24, 2.45) is 0 Å². The van der Waals surface area contributed by atoms with E-state index in [1.54, 1.807) is 25.1 Å². The van der Waals surface area contributed by atoms with Gasteiger partial charge in [0, 0.05) is 17.8 Å². The first kappa shape index (κ1) is 15.8. The maximum Gasteiger partial charge on any atom is 0.435 e. The average Bonchev–Trinajstić information content (AvgIpc) is 3.16. The van der Waals surface area contributed by atoms with Crippen molar-refractivity contribution in [1.82, 2.24) is 14.9 Å². The number of nitrogens with one attached hydrogen (secondary N) is 1. The largest absolute Gasteiger partial charge is 0.435 e. The Balaban J connectivity index is 1.83. The molecule has 3 aromatic rings. The molecule has 2 heterocycles. The Hall–Kier alpha value is -3.10. The fourth-order valence-corrected chi connectivity index (χ4v) is 2.02. The fraction of sp³-hybridized carbons (Fsp3) is 0.133. The summed E-state index contributed by atoms with van der Waals surface area (Å²) < 4.78 is 43.7. The van der Waals surface area contributed by atoms with Gasteiger partial charge in [-0.15, -0.1) is 0 Å². The van der Waals surface area contributed by atoms with Gasteiger partial charge in [-0.05, 0) is 31.2 Å². The van der Waals surface area contributed by atoms with E-state index < -0.39 is 17.8 Å². The smallest absolute Gasteiger partial charge is 0.360 e. The molecule has 0 aliphatic carbocycles.